The van der Waals surface area contributed by atoms with Crippen molar-refractivity contribution in [2.75, 3.05) is 4.90 Å². The average molecular weight is 444 g/mol. The minimum atomic E-state index is -0.545. The van der Waals surface area contributed by atoms with Crippen molar-refractivity contribution in [2.24, 2.45) is 0 Å². The standard InChI is InChI=1S/C25H18F2N4O2/c1-15-21(24-29-23(30-33-24)17-7-9-18(26)10-8-17)22(16-5-3-2-4-6-16)28-25(32)31(15)20-13-11-19(27)12-14-20/h2-14,22H,1H3,(H,28,32). The van der Waals surface area contributed by atoms with Gasteiger partial charge in [-0.2, -0.15) is 4.98 Å². The third-order valence-electron chi connectivity index (χ3n) is 5.46. The number of rotatable bonds is 4. The Balaban J connectivity index is 1.64. The second kappa shape index (κ2) is 8.31. The van der Waals surface area contributed by atoms with Crippen molar-refractivity contribution in [3.63, 3.8) is 0 Å². The van der Waals surface area contributed by atoms with Crippen LogP contribution in [0, 0.1) is 11.6 Å². The summed E-state index contributed by atoms with van der Waals surface area (Å²) in [7, 11) is 0. The maximum absolute atomic E-state index is 13.5. The van der Waals surface area contributed by atoms with Crippen LogP contribution in [0.15, 0.2) is 89.1 Å². The van der Waals surface area contributed by atoms with Crippen molar-refractivity contribution in [2.45, 2.75) is 13.0 Å². The van der Waals surface area contributed by atoms with E-state index in [0.717, 1.165) is 5.56 Å². The Hall–Kier alpha value is -4.33. The normalized spacial score (nSPS) is 16.2. The Bertz CT molecular complexity index is 1330. The van der Waals surface area contributed by atoms with E-state index in [1.807, 2.05) is 30.3 Å². The third-order valence-corrected chi connectivity index (χ3v) is 5.46. The van der Waals surface area contributed by atoms with Crippen LogP contribution in [0.25, 0.3) is 17.0 Å². The van der Waals surface area contributed by atoms with Crippen LogP contribution in [0.1, 0.15) is 24.4 Å². The fourth-order valence-electron chi connectivity index (χ4n) is 3.87. The molecule has 164 valence electrons. The number of halogens is 2. The second-order valence-electron chi connectivity index (χ2n) is 7.53. The minimum Gasteiger partial charge on any atom is -0.334 e. The Labute approximate surface area is 188 Å². The first-order chi connectivity index (χ1) is 16.0. The minimum absolute atomic E-state index is 0.216. The lowest BCUT2D eigenvalue weighted by molar-refractivity contribution is 0.244. The van der Waals surface area contributed by atoms with Crippen molar-refractivity contribution in [1.29, 1.82) is 0 Å². The fourth-order valence-corrected chi connectivity index (χ4v) is 3.87. The molecule has 0 saturated heterocycles. The van der Waals surface area contributed by atoms with Crippen LogP contribution in [0.4, 0.5) is 19.3 Å². The number of hydrogen-bond donors (Lipinski definition) is 1. The topological polar surface area (TPSA) is 71.3 Å². The highest BCUT2D eigenvalue weighted by Crippen LogP contribution is 2.39. The van der Waals surface area contributed by atoms with Gasteiger partial charge in [-0.15, -0.1) is 0 Å². The molecule has 6 nitrogen and oxygen atoms in total. The van der Waals surface area contributed by atoms with E-state index in [1.54, 1.807) is 19.1 Å². The number of amides is 2. The number of aromatic nitrogens is 2. The molecule has 0 saturated carbocycles. The average Bonchev–Trinajstić information content (AvgIpc) is 3.30. The lowest BCUT2D eigenvalue weighted by Gasteiger charge is -2.35. The molecular weight excluding hydrogens is 426 g/mol. The van der Waals surface area contributed by atoms with Gasteiger partial charge in [-0.3, -0.25) is 4.90 Å². The molecule has 8 heteroatoms. The summed E-state index contributed by atoms with van der Waals surface area (Å²) in [5.41, 5.74) is 3.09. The van der Waals surface area contributed by atoms with Gasteiger partial charge in [-0.1, -0.05) is 35.5 Å². The Morgan fingerprint density at radius 2 is 1.55 bits per heavy atom. The molecule has 5 rings (SSSR count). The van der Waals surface area contributed by atoms with E-state index in [9.17, 15) is 13.6 Å². The SMILES string of the molecule is CC1=C(c2nc(-c3ccc(F)cc3)no2)C(c2ccccc2)NC(=O)N1c1ccc(F)cc1. The van der Waals surface area contributed by atoms with Crippen LogP contribution in [0.3, 0.4) is 0 Å². The number of allylic oxidation sites excluding steroid dienone is 1. The lowest BCUT2D eigenvalue weighted by Crippen LogP contribution is -2.46. The Morgan fingerprint density at radius 1 is 0.909 bits per heavy atom. The molecule has 3 aromatic carbocycles. The molecule has 0 radical (unpaired) electrons. The first kappa shape index (κ1) is 20.6. The number of benzene rings is 3. The monoisotopic (exact) mass is 444 g/mol. The van der Waals surface area contributed by atoms with E-state index in [2.05, 4.69) is 15.5 Å². The van der Waals surface area contributed by atoms with Gasteiger partial charge >= 0.3 is 6.03 Å². The molecule has 1 N–H and O–H groups in total. The molecule has 0 bridgehead atoms. The maximum atomic E-state index is 13.5. The van der Waals surface area contributed by atoms with E-state index in [1.165, 1.54) is 41.3 Å². The van der Waals surface area contributed by atoms with Gasteiger partial charge in [0, 0.05) is 11.3 Å². The zero-order chi connectivity index (χ0) is 22.9. The molecule has 0 fully saturated rings. The maximum Gasteiger partial charge on any atom is 0.326 e. The molecule has 1 unspecified atom stereocenters. The number of urea groups is 1. The van der Waals surface area contributed by atoms with Gasteiger partial charge in [-0.25, -0.2) is 13.6 Å². The van der Waals surface area contributed by atoms with Gasteiger partial charge in [0.1, 0.15) is 11.6 Å². The zero-order valence-corrected chi connectivity index (χ0v) is 17.5. The van der Waals surface area contributed by atoms with Crippen LogP contribution >= 0.6 is 0 Å². The first-order valence-corrected chi connectivity index (χ1v) is 10.2. The van der Waals surface area contributed by atoms with Gasteiger partial charge in [0.25, 0.3) is 5.89 Å². The molecule has 33 heavy (non-hydrogen) atoms. The largest absolute Gasteiger partial charge is 0.334 e. The molecule has 0 aliphatic carbocycles. The quantitative estimate of drug-likeness (QED) is 0.437. The van der Waals surface area contributed by atoms with Crippen LogP contribution in [-0.2, 0) is 0 Å². The lowest BCUT2D eigenvalue weighted by atomic mass is 9.94. The fraction of sp³-hybridized carbons (Fsp3) is 0.0800. The summed E-state index contributed by atoms with van der Waals surface area (Å²) in [6.45, 7) is 1.77. The summed E-state index contributed by atoms with van der Waals surface area (Å²) in [5.74, 6) is -0.258. The van der Waals surface area contributed by atoms with E-state index in [4.69, 9.17) is 4.52 Å². The van der Waals surface area contributed by atoms with Crippen LogP contribution in [0.2, 0.25) is 0 Å². The Morgan fingerprint density at radius 3 is 2.21 bits per heavy atom. The molecule has 1 aliphatic rings. The molecule has 4 aromatic rings. The van der Waals surface area contributed by atoms with E-state index in [0.29, 0.717) is 28.3 Å². The molecule has 2 amide bonds. The van der Waals surface area contributed by atoms with Crippen molar-refractivity contribution in [3.8, 4) is 11.4 Å². The van der Waals surface area contributed by atoms with Crippen molar-refractivity contribution < 1.29 is 18.1 Å². The molecule has 1 aliphatic heterocycles. The molecule has 1 atom stereocenters. The number of carbonyl (C=O) groups is 1. The highest BCUT2D eigenvalue weighted by molar-refractivity contribution is 6.01. The number of carbonyl (C=O) groups excluding carboxylic acids is 1. The predicted octanol–water partition coefficient (Wildman–Crippen LogP) is 5.72. The Kier molecular flexibility index (Phi) is 5.18. The number of nitrogens with zero attached hydrogens (tertiary/aromatic N) is 3. The van der Waals surface area contributed by atoms with Gasteiger partial charge in [0.05, 0.1) is 17.3 Å². The smallest absolute Gasteiger partial charge is 0.326 e. The predicted molar refractivity (Wildman–Crippen MR) is 119 cm³/mol. The van der Waals surface area contributed by atoms with E-state index >= 15 is 0 Å². The zero-order valence-electron chi connectivity index (χ0n) is 17.5. The third kappa shape index (κ3) is 3.87. The summed E-state index contributed by atoms with van der Waals surface area (Å²) in [5, 5.41) is 7.05. The van der Waals surface area contributed by atoms with E-state index < -0.39 is 11.9 Å². The van der Waals surface area contributed by atoms with Crippen LogP contribution < -0.4 is 10.2 Å². The van der Waals surface area contributed by atoms with Crippen molar-refractivity contribution in [1.82, 2.24) is 15.5 Å². The number of nitrogens with one attached hydrogen (secondary N) is 1. The van der Waals surface area contributed by atoms with Gasteiger partial charge in [0.2, 0.25) is 5.82 Å². The van der Waals surface area contributed by atoms with Crippen LogP contribution in [-0.4, -0.2) is 16.2 Å². The van der Waals surface area contributed by atoms with Crippen molar-refractivity contribution in [3.05, 3.63) is 108 Å². The summed E-state index contributed by atoms with van der Waals surface area (Å²) >= 11 is 0. The first-order valence-electron chi connectivity index (χ1n) is 10.2. The van der Waals surface area contributed by atoms with Crippen LogP contribution in [0.5, 0.6) is 0 Å². The summed E-state index contributed by atoms with van der Waals surface area (Å²) < 4.78 is 32.4. The molecular formula is C25H18F2N4O2. The van der Waals surface area contributed by atoms with Gasteiger partial charge < -0.3 is 9.84 Å². The number of anilines is 1. The van der Waals surface area contributed by atoms with E-state index in [-0.39, 0.29) is 17.7 Å². The highest BCUT2D eigenvalue weighted by atomic mass is 19.1. The second-order valence-corrected chi connectivity index (χ2v) is 7.53. The van der Waals surface area contributed by atoms with Gasteiger partial charge in [0.15, 0.2) is 0 Å². The summed E-state index contributed by atoms with van der Waals surface area (Å²) in [4.78, 5) is 19.1. The summed E-state index contributed by atoms with van der Waals surface area (Å²) in [6.07, 6.45) is 0. The number of hydrogen-bond acceptors (Lipinski definition) is 4. The van der Waals surface area contributed by atoms with Crippen molar-refractivity contribution >= 4 is 17.3 Å². The molecule has 0 spiro atoms. The molecule has 1 aromatic heterocycles. The molecule has 2 heterocycles. The summed E-state index contributed by atoms with van der Waals surface area (Å²) in [6, 6.07) is 19.9. The highest BCUT2D eigenvalue weighted by Gasteiger charge is 2.36. The van der Waals surface area contributed by atoms with Gasteiger partial charge in [-0.05, 0) is 61.0 Å².